The Morgan fingerprint density at radius 3 is 2.73 bits per heavy atom. The first-order valence-corrected chi connectivity index (χ1v) is 5.56. The molecular formula is C10H18N2O3. The zero-order valence-electron chi connectivity index (χ0n) is 8.82. The van der Waals surface area contributed by atoms with Crippen molar-refractivity contribution in [3.8, 4) is 0 Å². The number of piperidine rings is 1. The topological polar surface area (TPSA) is 61.8 Å². The molecule has 2 aliphatic heterocycles. The quantitative estimate of drug-likeness (QED) is 0.677. The second-order valence-electron chi connectivity index (χ2n) is 4.23. The van der Waals surface area contributed by atoms with E-state index in [0.29, 0.717) is 0 Å². The number of carbonyl (C=O) groups is 1. The lowest BCUT2D eigenvalue weighted by Gasteiger charge is -2.31. The van der Waals surface area contributed by atoms with Gasteiger partial charge in [-0.15, -0.1) is 0 Å². The van der Waals surface area contributed by atoms with Crippen LogP contribution < -0.4 is 5.32 Å². The first-order chi connectivity index (χ1) is 7.25. The van der Waals surface area contributed by atoms with Gasteiger partial charge in [0.05, 0.1) is 12.5 Å². The number of likely N-dealkylation sites (tertiary alicyclic amines) is 1. The molecule has 86 valence electrons. The van der Waals surface area contributed by atoms with Gasteiger partial charge in [-0.25, -0.2) is 0 Å². The van der Waals surface area contributed by atoms with Crippen LogP contribution in [0.15, 0.2) is 0 Å². The minimum Gasteiger partial charge on any atom is -0.481 e. The van der Waals surface area contributed by atoms with Gasteiger partial charge in [0.2, 0.25) is 0 Å². The van der Waals surface area contributed by atoms with E-state index in [-0.39, 0.29) is 12.1 Å². The number of hydrogen-bond acceptors (Lipinski definition) is 4. The van der Waals surface area contributed by atoms with Gasteiger partial charge in [0.25, 0.3) is 0 Å². The third kappa shape index (κ3) is 2.90. The maximum atomic E-state index is 10.8. The van der Waals surface area contributed by atoms with Gasteiger partial charge in [-0.05, 0) is 25.9 Å². The van der Waals surface area contributed by atoms with Gasteiger partial charge in [0.15, 0.2) is 0 Å². The molecule has 0 spiro atoms. The molecule has 2 fully saturated rings. The van der Waals surface area contributed by atoms with E-state index in [9.17, 15) is 4.79 Å². The predicted octanol–water partition coefficient (Wildman–Crippen LogP) is -0.271. The zero-order chi connectivity index (χ0) is 10.7. The van der Waals surface area contributed by atoms with Crippen molar-refractivity contribution in [2.75, 3.05) is 32.8 Å². The molecule has 0 aromatic rings. The van der Waals surface area contributed by atoms with Gasteiger partial charge in [0.1, 0.15) is 6.23 Å². The predicted molar refractivity (Wildman–Crippen MR) is 54.5 cm³/mol. The fourth-order valence-corrected chi connectivity index (χ4v) is 2.19. The highest BCUT2D eigenvalue weighted by Gasteiger charge is 2.26. The molecule has 0 bridgehead atoms. The van der Waals surface area contributed by atoms with Crippen molar-refractivity contribution in [3.63, 3.8) is 0 Å². The monoisotopic (exact) mass is 214 g/mol. The minimum atomic E-state index is -0.648. The maximum Gasteiger partial charge on any atom is 0.306 e. The molecule has 1 unspecified atom stereocenters. The van der Waals surface area contributed by atoms with Crippen molar-refractivity contribution in [1.82, 2.24) is 10.2 Å². The van der Waals surface area contributed by atoms with Crippen molar-refractivity contribution in [3.05, 3.63) is 0 Å². The van der Waals surface area contributed by atoms with Gasteiger partial charge < -0.3 is 9.84 Å². The summed E-state index contributed by atoms with van der Waals surface area (Å²) in [6.07, 6.45) is 1.68. The van der Waals surface area contributed by atoms with Crippen LogP contribution in [0.4, 0.5) is 0 Å². The molecule has 0 aromatic heterocycles. The van der Waals surface area contributed by atoms with Gasteiger partial charge in [-0.3, -0.25) is 15.0 Å². The third-order valence-electron chi connectivity index (χ3n) is 3.15. The van der Waals surface area contributed by atoms with Crippen LogP contribution in [0.25, 0.3) is 0 Å². The van der Waals surface area contributed by atoms with Gasteiger partial charge in [-0.1, -0.05) is 0 Å². The molecule has 0 aromatic carbocycles. The fourth-order valence-electron chi connectivity index (χ4n) is 2.19. The molecular weight excluding hydrogens is 196 g/mol. The van der Waals surface area contributed by atoms with Crippen LogP contribution in [0.2, 0.25) is 0 Å². The number of carboxylic acid groups (broad SMARTS) is 1. The van der Waals surface area contributed by atoms with Crippen molar-refractivity contribution in [2.45, 2.75) is 19.1 Å². The Hall–Kier alpha value is -0.650. The van der Waals surface area contributed by atoms with Gasteiger partial charge >= 0.3 is 5.97 Å². The van der Waals surface area contributed by atoms with E-state index < -0.39 is 5.97 Å². The first kappa shape index (κ1) is 10.9. The van der Waals surface area contributed by atoms with Crippen LogP contribution in [0.5, 0.6) is 0 Å². The summed E-state index contributed by atoms with van der Waals surface area (Å²) in [4.78, 5) is 13.0. The van der Waals surface area contributed by atoms with E-state index in [1.165, 1.54) is 0 Å². The van der Waals surface area contributed by atoms with Crippen molar-refractivity contribution in [1.29, 1.82) is 0 Å². The molecule has 0 aliphatic carbocycles. The second kappa shape index (κ2) is 4.92. The van der Waals surface area contributed by atoms with E-state index >= 15 is 0 Å². The summed E-state index contributed by atoms with van der Waals surface area (Å²) in [5.74, 6) is -0.788. The number of ether oxygens (including phenoxy) is 1. The third-order valence-corrected chi connectivity index (χ3v) is 3.15. The normalized spacial score (nSPS) is 29.5. The largest absolute Gasteiger partial charge is 0.481 e. The highest BCUT2D eigenvalue weighted by molar-refractivity contribution is 5.70. The van der Waals surface area contributed by atoms with Crippen LogP contribution >= 0.6 is 0 Å². The summed E-state index contributed by atoms with van der Waals surface area (Å²) in [6.45, 7) is 4.34. The summed E-state index contributed by atoms with van der Waals surface area (Å²) < 4.78 is 5.46. The summed E-state index contributed by atoms with van der Waals surface area (Å²) in [7, 11) is 0. The lowest BCUT2D eigenvalue weighted by Crippen LogP contribution is -2.43. The van der Waals surface area contributed by atoms with Crippen LogP contribution in [0.3, 0.4) is 0 Å². The highest BCUT2D eigenvalue weighted by atomic mass is 16.5. The average Bonchev–Trinajstić information content (AvgIpc) is 2.71. The SMILES string of the molecule is O=C(O)C1CCN(CC2NCCO2)CC1. The molecule has 2 N–H and O–H groups in total. The molecule has 15 heavy (non-hydrogen) atoms. The molecule has 5 heteroatoms. The van der Waals surface area contributed by atoms with Crippen LogP contribution in [0.1, 0.15) is 12.8 Å². The van der Waals surface area contributed by atoms with Gasteiger partial charge in [-0.2, -0.15) is 0 Å². The average molecular weight is 214 g/mol. The second-order valence-corrected chi connectivity index (χ2v) is 4.23. The molecule has 2 aliphatic rings. The summed E-state index contributed by atoms with van der Waals surface area (Å²) in [6, 6.07) is 0. The molecule has 5 nitrogen and oxygen atoms in total. The fraction of sp³-hybridized carbons (Fsp3) is 0.900. The number of nitrogens with one attached hydrogen (secondary N) is 1. The summed E-state index contributed by atoms with van der Waals surface area (Å²) >= 11 is 0. The number of carboxylic acids is 1. The molecule has 0 saturated carbocycles. The van der Waals surface area contributed by atoms with Crippen molar-refractivity contribution in [2.24, 2.45) is 5.92 Å². The van der Waals surface area contributed by atoms with Crippen LogP contribution in [0, 0.1) is 5.92 Å². The Morgan fingerprint density at radius 1 is 1.47 bits per heavy atom. The van der Waals surface area contributed by atoms with E-state index in [4.69, 9.17) is 9.84 Å². The van der Waals surface area contributed by atoms with Crippen molar-refractivity contribution >= 4 is 5.97 Å². The molecule has 0 radical (unpaired) electrons. The smallest absolute Gasteiger partial charge is 0.306 e. The van der Waals surface area contributed by atoms with E-state index in [1.807, 2.05) is 0 Å². The number of hydrogen-bond donors (Lipinski definition) is 2. The number of nitrogens with zero attached hydrogens (tertiary/aromatic N) is 1. The zero-order valence-corrected chi connectivity index (χ0v) is 8.82. The van der Waals surface area contributed by atoms with E-state index in [0.717, 1.165) is 45.6 Å². The van der Waals surface area contributed by atoms with Crippen molar-refractivity contribution < 1.29 is 14.6 Å². The lowest BCUT2D eigenvalue weighted by molar-refractivity contribution is -0.143. The Balaban J connectivity index is 1.71. The Bertz CT molecular complexity index is 221. The van der Waals surface area contributed by atoms with E-state index in [1.54, 1.807) is 0 Å². The Morgan fingerprint density at radius 2 is 2.20 bits per heavy atom. The van der Waals surface area contributed by atoms with E-state index in [2.05, 4.69) is 10.2 Å². The molecule has 2 heterocycles. The minimum absolute atomic E-state index is 0.140. The number of aliphatic carboxylic acids is 1. The van der Waals surface area contributed by atoms with Crippen LogP contribution in [-0.4, -0.2) is 55.0 Å². The highest BCUT2D eigenvalue weighted by Crippen LogP contribution is 2.17. The first-order valence-electron chi connectivity index (χ1n) is 5.56. The number of rotatable bonds is 3. The molecule has 2 rings (SSSR count). The molecule has 2 saturated heterocycles. The Kier molecular flexibility index (Phi) is 3.56. The molecule has 0 amide bonds. The van der Waals surface area contributed by atoms with Crippen LogP contribution in [-0.2, 0) is 9.53 Å². The standard InChI is InChI=1S/C10H18N2O3/c13-10(14)8-1-4-12(5-2-8)7-9-11-3-6-15-9/h8-9,11H,1-7H2,(H,13,14). The molecule has 1 atom stereocenters. The maximum absolute atomic E-state index is 10.8. The summed E-state index contributed by atoms with van der Waals surface area (Å²) in [5.41, 5.74) is 0. The Labute approximate surface area is 89.4 Å². The summed E-state index contributed by atoms with van der Waals surface area (Å²) in [5, 5.41) is 12.1. The lowest BCUT2D eigenvalue weighted by atomic mass is 9.97. The van der Waals surface area contributed by atoms with Gasteiger partial charge in [0, 0.05) is 13.1 Å².